The number of halogens is 1. The molecule has 0 saturated heterocycles. The zero-order valence-electron chi connectivity index (χ0n) is 22.4. The molecule has 39 heavy (non-hydrogen) atoms. The predicted octanol–water partition coefficient (Wildman–Crippen LogP) is 2.83. The summed E-state index contributed by atoms with van der Waals surface area (Å²) >= 11 is 0. The van der Waals surface area contributed by atoms with Gasteiger partial charge in [0.25, 0.3) is 0 Å². The van der Waals surface area contributed by atoms with Crippen LogP contribution >= 0.6 is 0 Å². The summed E-state index contributed by atoms with van der Waals surface area (Å²) in [6.07, 6.45) is 0.177. The second kappa shape index (κ2) is 13.2. The van der Waals surface area contributed by atoms with Crippen molar-refractivity contribution in [2.45, 2.75) is 19.0 Å². The molecule has 0 saturated carbocycles. The largest absolute Gasteiger partial charge is 0.497 e. The standard InChI is InChI=1S/C28H33FN4O5S/c1-30-28(35)26(18-21-11-6-5-7-12-21)32(19-22-13-10-14-23(17-22)38-4)27(34)20-33(39(36,37)31(2)3)25-16-9-8-15-24(25)29/h5-17,26H,18-20H2,1-4H3,(H,30,35). The molecule has 0 aliphatic carbocycles. The monoisotopic (exact) mass is 556 g/mol. The molecule has 0 heterocycles. The summed E-state index contributed by atoms with van der Waals surface area (Å²) in [5, 5.41) is 2.61. The number of nitrogens with zero attached hydrogens (tertiary/aromatic N) is 3. The lowest BCUT2D eigenvalue weighted by Crippen LogP contribution is -2.54. The fourth-order valence-corrected chi connectivity index (χ4v) is 5.11. The molecule has 0 bridgehead atoms. The Morgan fingerprint density at radius 2 is 1.59 bits per heavy atom. The highest BCUT2D eigenvalue weighted by Crippen LogP contribution is 2.25. The number of para-hydroxylation sites is 1. The number of hydrogen-bond donors (Lipinski definition) is 1. The molecule has 0 aromatic heterocycles. The van der Waals surface area contributed by atoms with Crippen LogP contribution in [0.4, 0.5) is 10.1 Å². The molecule has 3 rings (SSSR count). The first-order valence-corrected chi connectivity index (χ1v) is 13.6. The topological polar surface area (TPSA) is 99.3 Å². The van der Waals surface area contributed by atoms with Crippen LogP contribution in [0.2, 0.25) is 0 Å². The summed E-state index contributed by atoms with van der Waals surface area (Å²) in [5.41, 5.74) is 1.19. The Balaban J connectivity index is 2.09. The number of ether oxygens (including phenoxy) is 1. The number of methoxy groups -OCH3 is 1. The zero-order valence-corrected chi connectivity index (χ0v) is 23.2. The molecule has 1 unspecified atom stereocenters. The fraction of sp³-hybridized carbons (Fsp3) is 0.286. The molecule has 0 fully saturated rings. The SMILES string of the molecule is CNC(=O)C(Cc1ccccc1)N(Cc1cccc(OC)c1)C(=O)CN(c1ccccc1F)S(=O)(=O)N(C)C. The van der Waals surface area contributed by atoms with Crippen molar-refractivity contribution in [2.75, 3.05) is 39.1 Å². The minimum atomic E-state index is -4.28. The Labute approximate surface area is 229 Å². The molecule has 1 atom stereocenters. The average Bonchev–Trinajstić information content (AvgIpc) is 2.94. The molecule has 1 N–H and O–H groups in total. The molecular formula is C28H33FN4O5S. The lowest BCUT2D eigenvalue weighted by molar-refractivity contribution is -0.139. The van der Waals surface area contributed by atoms with Crippen LogP contribution in [-0.4, -0.2) is 70.3 Å². The van der Waals surface area contributed by atoms with Gasteiger partial charge in [0.2, 0.25) is 11.8 Å². The molecule has 3 aromatic rings. The van der Waals surface area contributed by atoms with Gasteiger partial charge in [0.1, 0.15) is 24.2 Å². The first-order chi connectivity index (χ1) is 18.6. The lowest BCUT2D eigenvalue weighted by atomic mass is 10.0. The Morgan fingerprint density at radius 3 is 2.21 bits per heavy atom. The van der Waals surface area contributed by atoms with Crippen molar-refractivity contribution in [2.24, 2.45) is 0 Å². The second-order valence-corrected chi connectivity index (χ2v) is 11.0. The molecule has 208 valence electrons. The van der Waals surface area contributed by atoms with Gasteiger partial charge in [0.05, 0.1) is 12.8 Å². The summed E-state index contributed by atoms with van der Waals surface area (Å²) < 4.78 is 48.2. The van der Waals surface area contributed by atoms with Gasteiger partial charge in [-0.15, -0.1) is 0 Å². The molecule has 0 aliphatic rings. The maximum absolute atomic E-state index is 14.8. The summed E-state index contributed by atoms with van der Waals surface area (Å²) in [7, 11) is 1.30. The smallest absolute Gasteiger partial charge is 0.304 e. The number of nitrogens with one attached hydrogen (secondary N) is 1. The number of likely N-dealkylation sites (N-methyl/N-ethyl adjacent to an activating group) is 1. The van der Waals surface area contributed by atoms with Gasteiger partial charge in [-0.2, -0.15) is 12.7 Å². The first-order valence-electron chi connectivity index (χ1n) is 12.2. The van der Waals surface area contributed by atoms with Crippen molar-refractivity contribution in [3.05, 3.63) is 95.8 Å². The van der Waals surface area contributed by atoms with E-state index >= 15 is 0 Å². The summed E-state index contributed by atoms with van der Waals surface area (Å²) in [6, 6.07) is 20.5. The molecule has 3 aromatic carbocycles. The third kappa shape index (κ3) is 7.33. The van der Waals surface area contributed by atoms with Crippen molar-refractivity contribution >= 4 is 27.7 Å². The van der Waals surface area contributed by atoms with Gasteiger partial charge < -0.3 is 15.0 Å². The first kappa shape index (κ1) is 29.6. The highest BCUT2D eigenvalue weighted by atomic mass is 32.2. The Morgan fingerprint density at radius 1 is 0.949 bits per heavy atom. The number of rotatable bonds is 12. The summed E-state index contributed by atoms with van der Waals surface area (Å²) in [5.74, 6) is -1.36. The van der Waals surface area contributed by atoms with E-state index in [0.717, 1.165) is 15.9 Å². The van der Waals surface area contributed by atoms with Crippen LogP contribution in [0.1, 0.15) is 11.1 Å². The quantitative estimate of drug-likeness (QED) is 0.370. The average molecular weight is 557 g/mol. The van der Waals surface area contributed by atoms with E-state index in [1.165, 1.54) is 51.4 Å². The number of amides is 2. The van der Waals surface area contributed by atoms with Crippen LogP contribution < -0.4 is 14.4 Å². The Bertz CT molecular complexity index is 1390. The van der Waals surface area contributed by atoms with Crippen molar-refractivity contribution < 1.29 is 27.1 Å². The van der Waals surface area contributed by atoms with Crippen LogP contribution in [0.3, 0.4) is 0 Å². The molecule has 2 amide bonds. The van der Waals surface area contributed by atoms with Crippen molar-refractivity contribution in [3.63, 3.8) is 0 Å². The second-order valence-electron chi connectivity index (χ2n) is 8.94. The van der Waals surface area contributed by atoms with Crippen molar-refractivity contribution in [3.8, 4) is 5.75 Å². The number of anilines is 1. The Hall–Kier alpha value is -3.96. The maximum atomic E-state index is 14.8. The van der Waals surface area contributed by atoms with E-state index in [4.69, 9.17) is 4.74 Å². The van der Waals surface area contributed by atoms with Crippen molar-refractivity contribution in [1.82, 2.24) is 14.5 Å². The van der Waals surface area contributed by atoms with E-state index in [1.807, 2.05) is 30.3 Å². The van der Waals surface area contributed by atoms with E-state index in [9.17, 15) is 22.4 Å². The molecule has 9 nitrogen and oxygen atoms in total. The molecule has 0 aliphatic heterocycles. The van der Waals surface area contributed by atoms with Gasteiger partial charge in [-0.3, -0.25) is 9.59 Å². The third-order valence-corrected chi connectivity index (χ3v) is 7.95. The van der Waals surface area contributed by atoms with Gasteiger partial charge in [-0.25, -0.2) is 8.70 Å². The third-order valence-electron chi connectivity index (χ3n) is 6.14. The van der Waals surface area contributed by atoms with E-state index in [1.54, 1.807) is 24.3 Å². The van der Waals surface area contributed by atoms with Gasteiger partial charge in [0.15, 0.2) is 0 Å². The number of hydrogen-bond acceptors (Lipinski definition) is 5. The van der Waals surface area contributed by atoms with Gasteiger partial charge in [0, 0.05) is 34.1 Å². The van der Waals surface area contributed by atoms with Crippen LogP contribution in [0.25, 0.3) is 0 Å². The number of carbonyl (C=O) groups is 2. The number of benzene rings is 3. The highest BCUT2D eigenvalue weighted by Gasteiger charge is 2.35. The van der Waals surface area contributed by atoms with Crippen LogP contribution in [-0.2, 0) is 32.8 Å². The number of carbonyl (C=O) groups excluding carboxylic acids is 2. The van der Waals surface area contributed by atoms with Gasteiger partial charge in [-0.1, -0.05) is 54.6 Å². The van der Waals surface area contributed by atoms with Crippen molar-refractivity contribution in [1.29, 1.82) is 0 Å². The molecule has 0 spiro atoms. The molecule has 11 heteroatoms. The highest BCUT2D eigenvalue weighted by molar-refractivity contribution is 7.90. The minimum Gasteiger partial charge on any atom is -0.497 e. The minimum absolute atomic E-state index is 0.0198. The predicted molar refractivity (Wildman–Crippen MR) is 148 cm³/mol. The van der Waals surface area contributed by atoms with E-state index in [0.29, 0.717) is 15.6 Å². The van der Waals surface area contributed by atoms with Crippen LogP contribution in [0.5, 0.6) is 5.75 Å². The van der Waals surface area contributed by atoms with Gasteiger partial charge >= 0.3 is 10.2 Å². The van der Waals surface area contributed by atoms with E-state index in [2.05, 4.69) is 5.32 Å². The van der Waals surface area contributed by atoms with Crippen LogP contribution in [0, 0.1) is 5.82 Å². The van der Waals surface area contributed by atoms with Crippen LogP contribution in [0.15, 0.2) is 78.9 Å². The molecule has 0 radical (unpaired) electrons. The molecular weight excluding hydrogens is 523 g/mol. The van der Waals surface area contributed by atoms with E-state index in [-0.39, 0.29) is 18.7 Å². The maximum Gasteiger partial charge on any atom is 0.304 e. The fourth-order valence-electron chi connectivity index (χ4n) is 4.04. The lowest BCUT2D eigenvalue weighted by Gasteiger charge is -2.34. The summed E-state index contributed by atoms with van der Waals surface area (Å²) in [6.45, 7) is -0.748. The zero-order chi connectivity index (χ0) is 28.6. The summed E-state index contributed by atoms with van der Waals surface area (Å²) in [4.78, 5) is 28.5. The van der Waals surface area contributed by atoms with Gasteiger partial charge in [-0.05, 0) is 35.4 Å². The Kier molecular flexibility index (Phi) is 10.0. The van der Waals surface area contributed by atoms with E-state index < -0.39 is 40.4 Å². The normalized spacial score (nSPS) is 12.1.